The third-order valence-electron chi connectivity index (χ3n) is 9.52. The summed E-state index contributed by atoms with van der Waals surface area (Å²) in [5.41, 5.74) is 1.38. The van der Waals surface area contributed by atoms with E-state index in [1.165, 1.54) is 5.57 Å². The first-order valence-corrected chi connectivity index (χ1v) is 12.6. The number of carboxylic acid groups (broad SMARTS) is 1. The minimum atomic E-state index is -1.37. The molecule has 3 saturated carbocycles. The predicted octanol–water partition coefficient (Wildman–Crippen LogP) is 2.77. The summed E-state index contributed by atoms with van der Waals surface area (Å²) in [6.07, 6.45) is 9.05. The summed E-state index contributed by atoms with van der Waals surface area (Å²) < 4.78 is 5.90. The second-order valence-corrected chi connectivity index (χ2v) is 11.2. The first kappa shape index (κ1) is 24.9. The maximum absolute atomic E-state index is 12.6. The van der Waals surface area contributed by atoms with Crippen LogP contribution in [-0.2, 0) is 23.9 Å². The van der Waals surface area contributed by atoms with Gasteiger partial charge >= 0.3 is 11.9 Å². The van der Waals surface area contributed by atoms with E-state index in [2.05, 4.69) is 19.2 Å². The highest BCUT2D eigenvalue weighted by Crippen LogP contribution is 2.65. The molecule has 8 heteroatoms. The SMILES string of the molecule is C[C@]12CC[C@H]3[C@@H](CCC4=CC(=O)CC[C@@]43C)[C@@H]1CC[C@@H]2OC(=O)CCC(=O)N[C@H](CO)C(=O)O. The van der Waals surface area contributed by atoms with Crippen LogP contribution in [0.25, 0.3) is 0 Å². The molecule has 0 aliphatic heterocycles. The van der Waals surface area contributed by atoms with E-state index < -0.39 is 30.5 Å². The zero-order valence-corrected chi connectivity index (χ0v) is 20.2. The molecule has 1 amide bonds. The zero-order valence-electron chi connectivity index (χ0n) is 20.2. The quantitative estimate of drug-likeness (QED) is 0.483. The number of aliphatic carboxylic acids is 1. The molecule has 3 N–H and O–H groups in total. The van der Waals surface area contributed by atoms with Crippen molar-refractivity contribution in [2.45, 2.75) is 90.2 Å². The molecular weight excluding hydrogens is 438 g/mol. The van der Waals surface area contributed by atoms with Crippen LogP contribution in [0.15, 0.2) is 11.6 Å². The molecule has 34 heavy (non-hydrogen) atoms. The molecule has 0 aromatic heterocycles. The Balaban J connectivity index is 1.35. The van der Waals surface area contributed by atoms with Gasteiger partial charge in [0.25, 0.3) is 0 Å². The van der Waals surface area contributed by atoms with Gasteiger partial charge in [-0.2, -0.15) is 0 Å². The number of fused-ring (bicyclic) bond motifs is 5. The van der Waals surface area contributed by atoms with Crippen molar-refractivity contribution in [3.63, 3.8) is 0 Å². The molecule has 4 rings (SSSR count). The van der Waals surface area contributed by atoms with Gasteiger partial charge in [0.2, 0.25) is 5.91 Å². The Morgan fingerprint density at radius 3 is 2.56 bits per heavy atom. The smallest absolute Gasteiger partial charge is 0.328 e. The van der Waals surface area contributed by atoms with Crippen LogP contribution >= 0.6 is 0 Å². The predicted molar refractivity (Wildman–Crippen MR) is 122 cm³/mol. The molecule has 4 aliphatic carbocycles. The number of carbonyl (C=O) groups is 4. The molecule has 0 bridgehead atoms. The third-order valence-corrected chi connectivity index (χ3v) is 9.52. The number of carboxylic acids is 1. The molecule has 8 nitrogen and oxygen atoms in total. The average Bonchev–Trinajstić information content (AvgIpc) is 3.12. The molecule has 0 aromatic rings. The summed E-state index contributed by atoms with van der Waals surface area (Å²) in [7, 11) is 0. The fraction of sp³-hybridized carbons (Fsp3) is 0.769. The summed E-state index contributed by atoms with van der Waals surface area (Å²) in [5.74, 6) is -0.447. The Hall–Kier alpha value is -2.22. The second-order valence-electron chi connectivity index (χ2n) is 11.2. The second kappa shape index (κ2) is 9.44. The molecule has 7 atom stereocenters. The van der Waals surface area contributed by atoms with Gasteiger partial charge < -0.3 is 20.3 Å². The Morgan fingerprint density at radius 1 is 1.09 bits per heavy atom. The van der Waals surface area contributed by atoms with Crippen molar-refractivity contribution in [2.75, 3.05) is 6.61 Å². The molecule has 0 radical (unpaired) electrons. The molecule has 0 spiro atoms. The maximum Gasteiger partial charge on any atom is 0.328 e. The first-order valence-electron chi connectivity index (χ1n) is 12.6. The lowest BCUT2D eigenvalue weighted by atomic mass is 9.47. The fourth-order valence-corrected chi connectivity index (χ4v) is 7.59. The highest BCUT2D eigenvalue weighted by molar-refractivity contribution is 5.91. The summed E-state index contributed by atoms with van der Waals surface area (Å²) in [6.45, 7) is 3.90. The number of esters is 1. The van der Waals surface area contributed by atoms with Crippen LogP contribution < -0.4 is 5.32 Å². The summed E-state index contributed by atoms with van der Waals surface area (Å²) in [4.78, 5) is 47.4. The Kier molecular flexibility index (Phi) is 6.91. The number of carbonyl (C=O) groups excluding carboxylic acids is 3. The van der Waals surface area contributed by atoms with Crippen LogP contribution in [0.5, 0.6) is 0 Å². The summed E-state index contributed by atoms with van der Waals surface area (Å²) in [6, 6.07) is -1.37. The zero-order chi connectivity index (χ0) is 24.7. The van der Waals surface area contributed by atoms with E-state index in [0.717, 1.165) is 44.9 Å². The number of nitrogens with one attached hydrogen (secondary N) is 1. The van der Waals surface area contributed by atoms with Crippen molar-refractivity contribution in [1.82, 2.24) is 5.32 Å². The lowest BCUT2D eigenvalue weighted by Crippen LogP contribution is -2.51. The number of aliphatic hydroxyl groups is 1. The highest BCUT2D eigenvalue weighted by atomic mass is 16.5. The lowest BCUT2D eigenvalue weighted by Gasteiger charge is -2.57. The summed E-state index contributed by atoms with van der Waals surface area (Å²) >= 11 is 0. The van der Waals surface area contributed by atoms with Gasteiger partial charge in [0.05, 0.1) is 13.0 Å². The highest BCUT2D eigenvalue weighted by Gasteiger charge is 2.59. The number of aliphatic hydroxyl groups excluding tert-OH is 1. The molecule has 0 unspecified atom stereocenters. The Morgan fingerprint density at radius 2 is 1.85 bits per heavy atom. The molecule has 188 valence electrons. The van der Waals surface area contributed by atoms with E-state index in [9.17, 15) is 19.2 Å². The largest absolute Gasteiger partial charge is 0.480 e. The molecule has 0 saturated heterocycles. The standard InChI is InChI=1S/C26H37NO7/c1-25-11-9-16(29)13-15(25)3-4-17-18-5-6-21(26(18,2)12-10-19(17)25)34-23(31)8-7-22(30)27-20(14-28)24(32)33/h13,17-21,28H,3-12,14H2,1-2H3,(H,27,30)(H,32,33)/t17-,18-,19-,20+,21-,25-,26-/m0/s1. The van der Waals surface area contributed by atoms with Crippen LogP contribution in [0.1, 0.15) is 78.1 Å². The van der Waals surface area contributed by atoms with Crippen molar-refractivity contribution in [3.05, 3.63) is 11.6 Å². The van der Waals surface area contributed by atoms with Crippen molar-refractivity contribution in [2.24, 2.45) is 28.6 Å². The number of hydrogen-bond acceptors (Lipinski definition) is 6. The van der Waals surface area contributed by atoms with Crippen LogP contribution in [0, 0.1) is 28.6 Å². The molecule has 0 heterocycles. The fourth-order valence-electron chi connectivity index (χ4n) is 7.59. The molecule has 3 fully saturated rings. The van der Waals surface area contributed by atoms with Crippen molar-refractivity contribution < 1.29 is 34.1 Å². The normalized spacial score (nSPS) is 37.5. The van der Waals surface area contributed by atoms with E-state index in [-0.39, 0.29) is 35.6 Å². The van der Waals surface area contributed by atoms with Gasteiger partial charge in [-0.1, -0.05) is 19.4 Å². The topological polar surface area (TPSA) is 130 Å². The number of ether oxygens (including phenoxy) is 1. The van der Waals surface area contributed by atoms with Gasteiger partial charge in [0.1, 0.15) is 12.1 Å². The van der Waals surface area contributed by atoms with Gasteiger partial charge in [0, 0.05) is 18.3 Å². The van der Waals surface area contributed by atoms with E-state index in [1.807, 2.05) is 6.08 Å². The van der Waals surface area contributed by atoms with Crippen LogP contribution in [-0.4, -0.2) is 52.6 Å². The van der Waals surface area contributed by atoms with Crippen molar-refractivity contribution in [1.29, 1.82) is 0 Å². The lowest BCUT2D eigenvalue weighted by molar-refractivity contribution is -0.160. The van der Waals surface area contributed by atoms with E-state index in [1.54, 1.807) is 0 Å². The average molecular weight is 476 g/mol. The van der Waals surface area contributed by atoms with Crippen LogP contribution in [0.2, 0.25) is 0 Å². The van der Waals surface area contributed by atoms with Gasteiger partial charge in [-0.05, 0) is 74.2 Å². The number of hydrogen-bond donors (Lipinski definition) is 3. The maximum atomic E-state index is 12.6. The third kappa shape index (κ3) is 4.41. The monoisotopic (exact) mass is 475 g/mol. The van der Waals surface area contributed by atoms with E-state index in [4.69, 9.17) is 14.9 Å². The van der Waals surface area contributed by atoms with Gasteiger partial charge in [-0.15, -0.1) is 0 Å². The van der Waals surface area contributed by atoms with Crippen LogP contribution in [0.3, 0.4) is 0 Å². The minimum absolute atomic E-state index is 0.0769. The molecule has 4 aliphatic rings. The van der Waals surface area contributed by atoms with Crippen LogP contribution in [0.4, 0.5) is 0 Å². The van der Waals surface area contributed by atoms with Gasteiger partial charge in [0.15, 0.2) is 5.78 Å². The van der Waals surface area contributed by atoms with E-state index >= 15 is 0 Å². The number of amides is 1. The van der Waals surface area contributed by atoms with Gasteiger partial charge in [-0.3, -0.25) is 14.4 Å². The molecular formula is C26H37NO7. The van der Waals surface area contributed by atoms with Crippen molar-refractivity contribution in [3.8, 4) is 0 Å². The first-order chi connectivity index (χ1) is 16.1. The number of rotatable bonds is 7. The Bertz CT molecular complexity index is 898. The molecule has 0 aromatic carbocycles. The summed E-state index contributed by atoms with van der Waals surface area (Å²) in [5, 5.41) is 20.1. The number of allylic oxidation sites excluding steroid dienone is 1. The van der Waals surface area contributed by atoms with E-state index in [0.29, 0.717) is 24.2 Å². The van der Waals surface area contributed by atoms with Gasteiger partial charge in [-0.25, -0.2) is 4.79 Å². The minimum Gasteiger partial charge on any atom is -0.480 e. The Labute approximate surface area is 200 Å². The number of ketones is 1. The van der Waals surface area contributed by atoms with Crippen molar-refractivity contribution >= 4 is 23.6 Å².